The van der Waals surface area contributed by atoms with Gasteiger partial charge >= 0.3 is 0 Å². The van der Waals surface area contributed by atoms with Crippen molar-refractivity contribution >= 4 is 57.1 Å². The molecule has 3 aromatic carbocycles. The summed E-state index contributed by atoms with van der Waals surface area (Å²) in [4.78, 5) is 31.7. The number of carbonyl (C=O) groups excluding carboxylic acids is 1. The third kappa shape index (κ3) is 8.46. The summed E-state index contributed by atoms with van der Waals surface area (Å²) in [5.74, 6) is 0.832. The van der Waals surface area contributed by atoms with E-state index < -0.39 is 0 Å². The van der Waals surface area contributed by atoms with Crippen LogP contribution in [0.3, 0.4) is 0 Å². The van der Waals surface area contributed by atoms with E-state index in [-0.39, 0.29) is 5.91 Å². The Morgan fingerprint density at radius 2 is 1.59 bits per heavy atom. The molecule has 0 spiro atoms. The molecular weight excluding hydrogens is 642 g/mol. The van der Waals surface area contributed by atoms with Gasteiger partial charge in [-0.1, -0.05) is 24.3 Å². The highest BCUT2D eigenvalue weighted by Crippen LogP contribution is 2.35. The van der Waals surface area contributed by atoms with Crippen molar-refractivity contribution < 1.29 is 9.53 Å². The van der Waals surface area contributed by atoms with E-state index in [9.17, 15) is 4.79 Å². The van der Waals surface area contributed by atoms with E-state index in [1.807, 2.05) is 55.4 Å². The Morgan fingerprint density at radius 3 is 2.37 bits per heavy atom. The number of hydrogen-bond acceptors (Lipinski definition) is 11. The number of nitrogens with zero attached hydrogens (tertiary/aromatic N) is 7. The van der Waals surface area contributed by atoms with E-state index in [0.717, 1.165) is 86.2 Å². The maximum atomic E-state index is 12.7. The van der Waals surface area contributed by atoms with Crippen molar-refractivity contribution in [3.05, 3.63) is 84.9 Å². The third-order valence-corrected chi connectivity index (χ3v) is 9.04. The number of anilines is 7. The molecule has 1 amide bonds. The maximum absolute atomic E-state index is 12.7. The molecule has 0 saturated carbocycles. The lowest BCUT2D eigenvalue weighted by molar-refractivity contribution is -0.111. The lowest BCUT2D eigenvalue weighted by Crippen LogP contribution is -2.44. The van der Waals surface area contributed by atoms with Gasteiger partial charge in [-0.05, 0) is 75.7 Å². The van der Waals surface area contributed by atoms with Gasteiger partial charge in [0.2, 0.25) is 11.9 Å². The number of benzene rings is 3. The lowest BCUT2D eigenvalue weighted by Gasteiger charge is -2.34. The molecule has 0 atom stereocenters. The average molecular weight is 688 g/mol. The van der Waals surface area contributed by atoms with Gasteiger partial charge in [-0.3, -0.25) is 9.89 Å². The first-order valence-corrected chi connectivity index (χ1v) is 17.4. The Morgan fingerprint density at radius 1 is 0.843 bits per heavy atom. The van der Waals surface area contributed by atoms with Crippen molar-refractivity contribution in [3.8, 4) is 11.3 Å². The smallest absolute Gasteiger partial charge is 0.248 e. The van der Waals surface area contributed by atoms with Crippen molar-refractivity contribution in [2.45, 2.75) is 0 Å². The van der Waals surface area contributed by atoms with Crippen LogP contribution in [0.2, 0.25) is 0 Å². The van der Waals surface area contributed by atoms with Gasteiger partial charge in [0.25, 0.3) is 0 Å². The van der Waals surface area contributed by atoms with Crippen LogP contribution in [0.15, 0.2) is 84.9 Å². The summed E-state index contributed by atoms with van der Waals surface area (Å²) in [5, 5.41) is 18.4. The quantitative estimate of drug-likeness (QED) is 0.138. The number of likely N-dealkylation sites (N-methyl/N-ethyl adjacent to an activating group) is 2. The van der Waals surface area contributed by atoms with Crippen LogP contribution in [-0.2, 0) is 9.53 Å². The van der Waals surface area contributed by atoms with E-state index in [1.165, 1.54) is 0 Å². The molecule has 13 nitrogen and oxygen atoms in total. The summed E-state index contributed by atoms with van der Waals surface area (Å²) in [5.41, 5.74) is 6.79. The molecule has 2 aromatic heterocycles. The van der Waals surface area contributed by atoms with Crippen molar-refractivity contribution in [1.82, 2.24) is 30.0 Å². The fraction of sp³-hybridized carbons (Fsp3) is 0.316. The minimum absolute atomic E-state index is 0.199. The number of nitrogens with one attached hydrogen (secondary N) is 4. The van der Waals surface area contributed by atoms with Crippen LogP contribution in [0.5, 0.6) is 0 Å². The number of rotatable bonds is 11. The van der Waals surface area contributed by atoms with Crippen LogP contribution in [0.1, 0.15) is 0 Å². The number of morpholine rings is 1. The third-order valence-electron chi connectivity index (χ3n) is 9.04. The molecule has 5 aromatic rings. The van der Waals surface area contributed by atoms with Crippen molar-refractivity contribution in [2.24, 2.45) is 0 Å². The largest absolute Gasteiger partial charge is 0.378 e. The second kappa shape index (κ2) is 15.6. The second-order valence-electron chi connectivity index (χ2n) is 13.2. The van der Waals surface area contributed by atoms with E-state index >= 15 is 0 Å². The number of hydrogen-bond donors (Lipinski definition) is 4. The number of amides is 1. The molecule has 51 heavy (non-hydrogen) atoms. The van der Waals surface area contributed by atoms with Gasteiger partial charge in [-0.25, -0.2) is 4.98 Å². The zero-order valence-electron chi connectivity index (χ0n) is 29.4. The highest BCUT2D eigenvalue weighted by Gasteiger charge is 2.20. The summed E-state index contributed by atoms with van der Waals surface area (Å²) in [6, 6.07) is 24.3. The molecule has 2 aliphatic heterocycles. The van der Waals surface area contributed by atoms with Crippen LogP contribution in [0.4, 0.5) is 40.2 Å². The molecule has 264 valence electrons. The summed E-state index contributed by atoms with van der Waals surface area (Å²) in [7, 11) is 6.08. The van der Waals surface area contributed by atoms with Gasteiger partial charge in [0.1, 0.15) is 0 Å². The Hall–Kier alpha value is -5.50. The highest BCUT2D eigenvalue weighted by atomic mass is 16.5. The van der Waals surface area contributed by atoms with Crippen LogP contribution < -0.4 is 25.8 Å². The first kappa shape index (κ1) is 34.0. The molecule has 2 saturated heterocycles. The van der Waals surface area contributed by atoms with E-state index in [4.69, 9.17) is 14.7 Å². The number of fused-ring (bicyclic) bond motifs is 1. The average Bonchev–Trinajstić information content (AvgIpc) is 3.54. The number of ether oxygens (including phenoxy) is 1. The monoisotopic (exact) mass is 687 g/mol. The first-order chi connectivity index (χ1) is 24.9. The molecule has 4 N–H and O–H groups in total. The molecule has 2 aliphatic rings. The molecule has 4 heterocycles. The van der Waals surface area contributed by atoms with Crippen molar-refractivity contribution in [2.75, 3.05) is 106 Å². The van der Waals surface area contributed by atoms with Crippen molar-refractivity contribution in [1.29, 1.82) is 0 Å². The minimum atomic E-state index is -0.199. The second-order valence-corrected chi connectivity index (χ2v) is 13.2. The lowest BCUT2D eigenvalue weighted by atomic mass is 10.1. The fourth-order valence-electron chi connectivity index (χ4n) is 6.27. The standard InChI is InChI=1S/C38H45N11O2/c1-46(2)16-6-11-33(50)39-29-8-4-7-27(25-29)35-34-36(40-28-12-14-31(15-13-28)49-21-23-51-24-22-49)44-45-37(34)43-38(42-35)41-30-9-5-10-32(26-30)48-19-17-47(3)18-20-48/h4-15,25-26H,16-24H2,1-3H3,(H,39,50)(H3,40,41,42,43,44,45)/b11-6+. The molecule has 13 heteroatoms. The Balaban J connectivity index is 1.20. The molecule has 0 unspecified atom stereocenters. The Labute approximate surface area is 298 Å². The summed E-state index contributed by atoms with van der Waals surface area (Å²) < 4.78 is 5.52. The van der Waals surface area contributed by atoms with E-state index in [0.29, 0.717) is 35.3 Å². The predicted octanol–water partition coefficient (Wildman–Crippen LogP) is 5.15. The van der Waals surface area contributed by atoms with Crippen LogP contribution in [0.25, 0.3) is 22.3 Å². The zero-order chi connectivity index (χ0) is 35.2. The van der Waals surface area contributed by atoms with E-state index in [2.05, 4.69) is 90.4 Å². The van der Waals surface area contributed by atoms with Gasteiger partial charge in [0.05, 0.1) is 24.3 Å². The van der Waals surface area contributed by atoms with Crippen LogP contribution in [0, 0.1) is 0 Å². The number of piperazine rings is 1. The topological polar surface area (TPSA) is 130 Å². The first-order valence-electron chi connectivity index (χ1n) is 17.4. The number of carbonyl (C=O) groups is 1. The molecule has 7 rings (SSSR count). The van der Waals surface area contributed by atoms with Crippen LogP contribution >= 0.6 is 0 Å². The minimum Gasteiger partial charge on any atom is -0.378 e. The Kier molecular flexibility index (Phi) is 10.4. The molecule has 0 bridgehead atoms. The summed E-state index contributed by atoms with van der Waals surface area (Å²) >= 11 is 0. The predicted molar refractivity (Wildman–Crippen MR) is 206 cm³/mol. The Bertz CT molecular complexity index is 1980. The number of H-pyrrole nitrogens is 1. The van der Waals surface area contributed by atoms with Gasteiger partial charge in [0.15, 0.2) is 11.5 Å². The molecule has 2 fully saturated rings. The zero-order valence-corrected chi connectivity index (χ0v) is 29.4. The van der Waals surface area contributed by atoms with Crippen LogP contribution in [-0.4, -0.2) is 116 Å². The molecule has 0 radical (unpaired) electrons. The van der Waals surface area contributed by atoms with E-state index in [1.54, 1.807) is 6.08 Å². The number of aromatic nitrogens is 4. The summed E-state index contributed by atoms with van der Waals surface area (Å²) in [6.45, 7) is 7.90. The highest BCUT2D eigenvalue weighted by molar-refractivity contribution is 6.02. The normalized spacial score (nSPS) is 15.5. The molecule has 0 aliphatic carbocycles. The fourth-order valence-corrected chi connectivity index (χ4v) is 6.27. The van der Waals surface area contributed by atoms with Crippen molar-refractivity contribution in [3.63, 3.8) is 0 Å². The maximum Gasteiger partial charge on any atom is 0.248 e. The van der Waals surface area contributed by atoms with Gasteiger partial charge in [-0.15, -0.1) is 0 Å². The summed E-state index contributed by atoms with van der Waals surface area (Å²) in [6.07, 6.45) is 3.39. The number of aromatic amines is 1. The van der Waals surface area contributed by atoms with Gasteiger partial charge < -0.3 is 40.3 Å². The van der Waals surface area contributed by atoms with Gasteiger partial charge in [0, 0.05) is 85.9 Å². The SMILES string of the molecule is CN(C)C/C=C/C(=O)Nc1cccc(-c2nc(Nc3cccc(N4CCN(C)CC4)c3)nc3[nH]nc(Nc4ccc(N5CCOCC5)cc4)c23)c1. The molecular formula is C38H45N11O2. The van der Waals surface area contributed by atoms with Gasteiger partial charge in [-0.2, -0.15) is 10.1 Å².